The molecule has 2 rings (SSSR count). The van der Waals surface area contributed by atoms with Crippen LogP contribution in [-0.2, 0) is 17.9 Å². The lowest BCUT2D eigenvalue weighted by Crippen LogP contribution is -2.44. The van der Waals surface area contributed by atoms with Crippen LogP contribution >= 0.6 is 0 Å². The molecule has 0 saturated carbocycles. The summed E-state index contributed by atoms with van der Waals surface area (Å²) in [6, 6.07) is 9.46. The number of rotatable bonds is 6. The molecule has 3 heteroatoms. The van der Waals surface area contributed by atoms with E-state index in [9.17, 15) is 0 Å². The fourth-order valence-corrected chi connectivity index (χ4v) is 2.95. The van der Waals surface area contributed by atoms with Crippen molar-refractivity contribution >= 4 is 0 Å². The molecule has 0 radical (unpaired) electrons. The summed E-state index contributed by atoms with van der Waals surface area (Å²) in [5, 5.41) is 3.32. The van der Waals surface area contributed by atoms with Crippen molar-refractivity contribution in [2.75, 3.05) is 27.2 Å². The Morgan fingerprint density at radius 1 is 1.32 bits per heavy atom. The van der Waals surface area contributed by atoms with Crippen LogP contribution in [-0.4, -0.2) is 38.2 Å². The van der Waals surface area contributed by atoms with Crippen LogP contribution in [0.4, 0.5) is 0 Å². The lowest BCUT2D eigenvalue weighted by Gasteiger charge is -2.35. The molecule has 1 fully saturated rings. The van der Waals surface area contributed by atoms with Gasteiger partial charge in [-0.05, 0) is 37.6 Å². The molecule has 1 atom stereocenters. The zero-order chi connectivity index (χ0) is 13.5. The molecule has 3 nitrogen and oxygen atoms in total. The van der Waals surface area contributed by atoms with Crippen LogP contribution in [0.15, 0.2) is 24.3 Å². The molecule has 1 aliphatic rings. The van der Waals surface area contributed by atoms with Crippen molar-refractivity contribution in [2.24, 2.45) is 0 Å². The third kappa shape index (κ3) is 4.30. The first-order chi connectivity index (χ1) is 9.33. The number of ether oxygens (including phenoxy) is 1. The highest BCUT2D eigenvalue weighted by Crippen LogP contribution is 2.19. The SMILES string of the molecule is CNCC1CCCCN1Cc1cccc(COC)c1. The number of nitrogens with zero attached hydrogens (tertiary/aromatic N) is 1. The summed E-state index contributed by atoms with van der Waals surface area (Å²) in [5.41, 5.74) is 2.67. The van der Waals surface area contributed by atoms with Gasteiger partial charge in [0.1, 0.15) is 0 Å². The molecular weight excluding hydrogens is 236 g/mol. The maximum atomic E-state index is 5.21. The van der Waals surface area contributed by atoms with E-state index in [2.05, 4.69) is 34.5 Å². The number of benzene rings is 1. The van der Waals surface area contributed by atoms with Gasteiger partial charge >= 0.3 is 0 Å². The van der Waals surface area contributed by atoms with E-state index >= 15 is 0 Å². The van der Waals surface area contributed by atoms with Gasteiger partial charge in [0.15, 0.2) is 0 Å². The third-order valence-corrected chi connectivity index (χ3v) is 3.88. The number of likely N-dealkylation sites (tertiary alicyclic amines) is 1. The van der Waals surface area contributed by atoms with E-state index in [-0.39, 0.29) is 0 Å². The first kappa shape index (κ1) is 14.5. The minimum atomic E-state index is 0.685. The topological polar surface area (TPSA) is 24.5 Å². The molecule has 0 aromatic heterocycles. The minimum Gasteiger partial charge on any atom is -0.380 e. The standard InChI is InChI=1S/C16H26N2O/c1-17-11-16-8-3-4-9-18(16)12-14-6-5-7-15(10-14)13-19-2/h5-7,10,16-17H,3-4,8-9,11-13H2,1-2H3. The van der Waals surface area contributed by atoms with E-state index in [1.165, 1.54) is 36.9 Å². The first-order valence-corrected chi connectivity index (χ1v) is 7.29. The predicted octanol–water partition coefficient (Wildman–Crippen LogP) is 2.41. The van der Waals surface area contributed by atoms with Crippen molar-refractivity contribution < 1.29 is 4.74 Å². The minimum absolute atomic E-state index is 0.685. The molecule has 1 aromatic carbocycles. The van der Waals surface area contributed by atoms with E-state index in [0.29, 0.717) is 12.6 Å². The van der Waals surface area contributed by atoms with Gasteiger partial charge in [0, 0.05) is 26.2 Å². The molecule has 1 heterocycles. The Bertz CT molecular complexity index is 379. The summed E-state index contributed by atoms with van der Waals surface area (Å²) in [7, 11) is 3.80. The molecule has 0 aliphatic carbocycles. The highest BCUT2D eigenvalue weighted by molar-refractivity contribution is 5.23. The molecule has 0 spiro atoms. The van der Waals surface area contributed by atoms with Crippen LogP contribution in [0.3, 0.4) is 0 Å². The van der Waals surface area contributed by atoms with Gasteiger partial charge in [-0.2, -0.15) is 0 Å². The summed E-state index contributed by atoms with van der Waals surface area (Å²) >= 11 is 0. The lowest BCUT2D eigenvalue weighted by molar-refractivity contribution is 0.139. The fourth-order valence-electron chi connectivity index (χ4n) is 2.95. The summed E-state index contributed by atoms with van der Waals surface area (Å²) in [5.74, 6) is 0. The van der Waals surface area contributed by atoms with Crippen LogP contribution < -0.4 is 5.32 Å². The van der Waals surface area contributed by atoms with Crippen molar-refractivity contribution in [3.05, 3.63) is 35.4 Å². The Morgan fingerprint density at radius 2 is 2.16 bits per heavy atom. The van der Waals surface area contributed by atoms with Gasteiger partial charge in [-0.25, -0.2) is 0 Å². The molecule has 1 unspecified atom stereocenters. The van der Waals surface area contributed by atoms with Gasteiger partial charge in [0.25, 0.3) is 0 Å². The smallest absolute Gasteiger partial charge is 0.0713 e. The van der Waals surface area contributed by atoms with Crippen molar-refractivity contribution in [2.45, 2.75) is 38.5 Å². The van der Waals surface area contributed by atoms with Gasteiger partial charge in [0.2, 0.25) is 0 Å². The van der Waals surface area contributed by atoms with Crippen LogP contribution in [0.5, 0.6) is 0 Å². The monoisotopic (exact) mass is 262 g/mol. The second kappa shape index (κ2) is 7.63. The zero-order valence-electron chi connectivity index (χ0n) is 12.2. The molecular formula is C16H26N2O. The van der Waals surface area contributed by atoms with Crippen molar-refractivity contribution in [1.82, 2.24) is 10.2 Å². The highest BCUT2D eigenvalue weighted by atomic mass is 16.5. The second-order valence-corrected chi connectivity index (χ2v) is 5.43. The number of likely N-dealkylation sites (N-methyl/N-ethyl adjacent to an activating group) is 1. The maximum absolute atomic E-state index is 5.21. The Labute approximate surface area is 116 Å². The van der Waals surface area contributed by atoms with Crippen molar-refractivity contribution in [3.63, 3.8) is 0 Å². The largest absolute Gasteiger partial charge is 0.380 e. The molecule has 0 amide bonds. The molecule has 106 valence electrons. The Kier molecular flexibility index (Phi) is 5.83. The number of methoxy groups -OCH3 is 1. The number of hydrogen-bond acceptors (Lipinski definition) is 3. The normalized spacial score (nSPS) is 20.6. The van der Waals surface area contributed by atoms with E-state index < -0.39 is 0 Å². The zero-order valence-corrected chi connectivity index (χ0v) is 12.2. The van der Waals surface area contributed by atoms with Crippen LogP contribution in [0.2, 0.25) is 0 Å². The van der Waals surface area contributed by atoms with Crippen LogP contribution in [0, 0.1) is 0 Å². The van der Waals surface area contributed by atoms with Gasteiger partial charge in [-0.15, -0.1) is 0 Å². The van der Waals surface area contributed by atoms with E-state index in [0.717, 1.165) is 13.1 Å². The molecule has 1 aromatic rings. The van der Waals surface area contributed by atoms with Crippen LogP contribution in [0.25, 0.3) is 0 Å². The fraction of sp³-hybridized carbons (Fsp3) is 0.625. The maximum Gasteiger partial charge on any atom is 0.0713 e. The van der Waals surface area contributed by atoms with Gasteiger partial charge in [-0.3, -0.25) is 4.90 Å². The summed E-state index contributed by atoms with van der Waals surface area (Å²) < 4.78 is 5.21. The molecule has 1 saturated heterocycles. The van der Waals surface area contributed by atoms with Crippen LogP contribution in [0.1, 0.15) is 30.4 Å². The second-order valence-electron chi connectivity index (χ2n) is 5.43. The Hall–Kier alpha value is -0.900. The molecule has 19 heavy (non-hydrogen) atoms. The average molecular weight is 262 g/mol. The molecule has 1 aliphatic heterocycles. The van der Waals surface area contributed by atoms with E-state index in [1.807, 2.05) is 7.05 Å². The summed E-state index contributed by atoms with van der Waals surface area (Å²) in [6.45, 7) is 4.08. The van der Waals surface area contributed by atoms with Gasteiger partial charge in [0.05, 0.1) is 6.61 Å². The average Bonchev–Trinajstić information content (AvgIpc) is 2.42. The molecule has 1 N–H and O–H groups in total. The van der Waals surface area contributed by atoms with Crippen molar-refractivity contribution in [3.8, 4) is 0 Å². The quantitative estimate of drug-likeness (QED) is 0.852. The van der Waals surface area contributed by atoms with Gasteiger partial charge in [-0.1, -0.05) is 30.7 Å². The van der Waals surface area contributed by atoms with Crippen molar-refractivity contribution in [1.29, 1.82) is 0 Å². The summed E-state index contributed by atoms with van der Waals surface area (Å²) in [6.07, 6.45) is 4.02. The van der Waals surface area contributed by atoms with E-state index in [1.54, 1.807) is 7.11 Å². The molecule has 0 bridgehead atoms. The summed E-state index contributed by atoms with van der Waals surface area (Å²) in [4.78, 5) is 2.62. The van der Waals surface area contributed by atoms with E-state index in [4.69, 9.17) is 4.74 Å². The highest BCUT2D eigenvalue weighted by Gasteiger charge is 2.21. The first-order valence-electron chi connectivity index (χ1n) is 7.29. The van der Waals surface area contributed by atoms with Gasteiger partial charge < -0.3 is 10.1 Å². The lowest BCUT2D eigenvalue weighted by atomic mass is 10.0. The Morgan fingerprint density at radius 3 is 2.95 bits per heavy atom. The predicted molar refractivity (Wildman–Crippen MR) is 79.1 cm³/mol. The number of hydrogen-bond donors (Lipinski definition) is 1. The number of nitrogens with one attached hydrogen (secondary N) is 1. The Balaban J connectivity index is 1.99. The number of piperidine rings is 1. The third-order valence-electron chi connectivity index (χ3n) is 3.88.